The van der Waals surface area contributed by atoms with Crippen LogP contribution in [0.4, 0.5) is 39.9 Å². The molecule has 0 radical (unpaired) electrons. The molecular formula is C64H47N4PdS-3. The van der Waals surface area contributed by atoms with E-state index < -0.39 is 60.4 Å². The molecule has 0 fully saturated rings. The molecule has 0 atom stereocenters. The van der Waals surface area contributed by atoms with Crippen molar-refractivity contribution in [2.24, 2.45) is 0 Å². The molecule has 342 valence electrons. The Morgan fingerprint density at radius 2 is 1.11 bits per heavy atom. The monoisotopic (exact) mass is 1020 g/mol. The summed E-state index contributed by atoms with van der Waals surface area (Å²) in [4.78, 5) is 12.6. The Bertz CT molecular complexity index is 3990. The largest absolute Gasteiger partial charge is 0.493 e. The molecule has 0 saturated carbocycles. The van der Waals surface area contributed by atoms with Crippen LogP contribution in [0.25, 0.3) is 55.6 Å². The van der Waals surface area contributed by atoms with Crippen molar-refractivity contribution in [3.63, 3.8) is 0 Å². The Morgan fingerprint density at radius 1 is 0.500 bits per heavy atom. The number of anilines is 7. The topological polar surface area (TPSA) is 22.6 Å². The summed E-state index contributed by atoms with van der Waals surface area (Å²) >= 11 is 1.50. The summed E-state index contributed by atoms with van der Waals surface area (Å²) < 4.78 is 87.7. The van der Waals surface area contributed by atoms with Crippen molar-refractivity contribution in [1.29, 1.82) is 0 Å². The second-order valence-corrected chi connectivity index (χ2v) is 18.8. The van der Waals surface area contributed by atoms with Crippen LogP contribution in [0.2, 0.25) is 0 Å². The third-order valence-corrected chi connectivity index (χ3v) is 13.4. The van der Waals surface area contributed by atoms with E-state index in [2.05, 4.69) is 129 Å². The van der Waals surface area contributed by atoms with E-state index in [0.717, 1.165) is 65.9 Å². The minimum Gasteiger partial charge on any atom is -0.493 e. The molecule has 0 saturated heterocycles. The smallest absolute Gasteiger partial charge is 0.135 e. The number of hydrogen-bond donors (Lipinski definition) is 0. The number of fused-ring (bicyclic) bond motifs is 6. The molecule has 2 aliphatic heterocycles. The predicted octanol–water partition coefficient (Wildman–Crippen LogP) is 17.7. The van der Waals surface area contributed by atoms with Crippen LogP contribution in [0.15, 0.2) is 234 Å². The summed E-state index contributed by atoms with van der Waals surface area (Å²) in [7, 11) is 0. The van der Waals surface area contributed by atoms with Crippen molar-refractivity contribution in [2.75, 3.05) is 14.7 Å². The van der Waals surface area contributed by atoms with Gasteiger partial charge in [0.15, 0.2) is 0 Å². The summed E-state index contributed by atoms with van der Waals surface area (Å²) in [5.41, 5.74) is 11.6. The van der Waals surface area contributed by atoms with Crippen LogP contribution in [0.1, 0.15) is 40.0 Å². The van der Waals surface area contributed by atoms with E-state index in [0.29, 0.717) is 17.1 Å². The average Bonchev–Trinajstić information content (AvgIpc) is 3.90. The minimum absolute atomic E-state index is 0. The summed E-state index contributed by atoms with van der Waals surface area (Å²) in [6.07, 6.45) is 1.88. The third-order valence-electron chi connectivity index (χ3n) is 12.5. The predicted molar refractivity (Wildman–Crippen MR) is 288 cm³/mol. The average molecular weight is 1020 g/mol. The zero-order valence-electron chi connectivity index (χ0n) is 48.2. The van der Waals surface area contributed by atoms with Crippen LogP contribution < -0.4 is 14.7 Å². The zero-order chi connectivity index (χ0) is 55.2. The van der Waals surface area contributed by atoms with Gasteiger partial charge < -0.3 is 14.7 Å². The van der Waals surface area contributed by atoms with Gasteiger partial charge in [0.25, 0.3) is 0 Å². The Balaban J connectivity index is 0.00000675. The number of rotatable bonds is 8. The molecule has 0 N–H and O–H groups in total. The summed E-state index contributed by atoms with van der Waals surface area (Å²) in [6.45, 7) is 8.39. The van der Waals surface area contributed by atoms with Gasteiger partial charge in [-0.05, 0) is 75.2 Å². The van der Waals surface area contributed by atoms with Gasteiger partial charge in [-0.15, -0.1) is 57.7 Å². The zero-order valence-corrected chi connectivity index (χ0v) is 40.6. The number of nitrogens with zero attached hydrogens (tertiary/aromatic N) is 4. The molecule has 0 amide bonds. The van der Waals surface area contributed by atoms with E-state index in [1.54, 1.807) is 29.8 Å². The van der Waals surface area contributed by atoms with Gasteiger partial charge in [0, 0.05) is 60.4 Å². The van der Waals surface area contributed by atoms with E-state index in [1.165, 1.54) is 11.8 Å². The van der Waals surface area contributed by atoms with Crippen molar-refractivity contribution < 1.29 is 34.1 Å². The van der Waals surface area contributed by atoms with E-state index in [9.17, 15) is 0 Å². The fraction of sp³-hybridized carbons (Fsp3) is 0.0625. The first-order valence-corrected chi connectivity index (χ1v) is 23.4. The van der Waals surface area contributed by atoms with Crippen LogP contribution in [0, 0.1) is 18.8 Å². The van der Waals surface area contributed by atoms with Crippen molar-refractivity contribution in [3.05, 3.63) is 249 Å². The van der Waals surface area contributed by atoms with Crippen LogP contribution in [-0.2, 0) is 25.8 Å². The van der Waals surface area contributed by atoms with Gasteiger partial charge >= 0.3 is 0 Å². The van der Waals surface area contributed by atoms with E-state index in [-0.39, 0.29) is 53.8 Å². The van der Waals surface area contributed by atoms with Crippen LogP contribution in [-0.4, -0.2) is 4.98 Å². The molecule has 0 spiro atoms. The fourth-order valence-electron chi connectivity index (χ4n) is 9.20. The molecule has 12 rings (SSSR count). The minimum atomic E-state index is -0.559. The van der Waals surface area contributed by atoms with Crippen LogP contribution >= 0.6 is 11.8 Å². The first-order chi connectivity index (χ1) is 38.0. The van der Waals surface area contributed by atoms with Gasteiger partial charge in [0.05, 0.1) is 19.4 Å². The van der Waals surface area contributed by atoms with Gasteiger partial charge in [-0.1, -0.05) is 183 Å². The second-order valence-electron chi connectivity index (χ2n) is 17.8. The number of pyridine rings is 1. The standard InChI is InChI=1S/C64H47N4S.Pd/c1-64(2,3)48-37-38-65-62(40-48)68-58-30-14-13-27-55(58)57-39-47(44-19-7-4-8-20-44)33-35-54(57)56-36-34-51(42-61(56)68)69-50-26-17-25-49(41-50)66-43-67(60-32-16-15-31-59(60)66)63-52(45-21-9-5-10-22-45)28-18-29-53(63)46-23-11-6-12-24-46;/h4-40,43H,1-3H3;/q-3;/i5D,6D,9D,10D,11D,12D,21D,22D,23D,24D;. The van der Waals surface area contributed by atoms with Gasteiger partial charge in [-0.2, -0.15) is 24.3 Å². The first kappa shape index (κ1) is 34.8. The van der Waals surface area contributed by atoms with Gasteiger partial charge in [-0.3, -0.25) is 0 Å². The summed E-state index contributed by atoms with van der Waals surface area (Å²) in [5, 5.41) is 0. The van der Waals surface area contributed by atoms with Crippen LogP contribution in [0.3, 0.4) is 0 Å². The maximum Gasteiger partial charge on any atom is 0.135 e. The second kappa shape index (κ2) is 18.8. The normalized spacial score (nSPS) is 14.6. The molecule has 6 heteroatoms. The maximum absolute atomic E-state index is 9.09. The molecule has 0 aliphatic carbocycles. The molecule has 10 aromatic rings. The number of aromatic nitrogens is 1. The Morgan fingerprint density at radius 3 is 1.83 bits per heavy atom. The molecule has 0 unspecified atom stereocenters. The molecule has 1 aromatic heterocycles. The van der Waals surface area contributed by atoms with Crippen molar-refractivity contribution in [2.45, 2.75) is 36.0 Å². The molecule has 9 aromatic carbocycles. The van der Waals surface area contributed by atoms with E-state index in [1.807, 2.05) is 59.6 Å². The van der Waals surface area contributed by atoms with Gasteiger partial charge in [0.1, 0.15) is 5.82 Å². The molecular weight excluding hydrogens is 963 g/mol. The van der Waals surface area contributed by atoms with Gasteiger partial charge in [-0.25, -0.2) is 4.98 Å². The Labute approximate surface area is 443 Å². The third kappa shape index (κ3) is 8.33. The summed E-state index contributed by atoms with van der Waals surface area (Å²) in [5.74, 6) is 0.764. The Hall–Kier alpha value is -7.46. The van der Waals surface area contributed by atoms with Gasteiger partial charge in [0.2, 0.25) is 0 Å². The Kier molecular flexibility index (Phi) is 9.34. The summed E-state index contributed by atoms with van der Waals surface area (Å²) in [6, 6.07) is 54.7. The molecule has 2 aliphatic rings. The maximum atomic E-state index is 9.09. The van der Waals surface area contributed by atoms with E-state index in [4.69, 9.17) is 18.7 Å². The number of hydrogen-bond acceptors (Lipinski definition) is 5. The molecule has 0 bridgehead atoms. The number of benzene rings is 9. The van der Waals surface area contributed by atoms with Crippen molar-refractivity contribution in [1.82, 2.24) is 4.98 Å². The quantitative estimate of drug-likeness (QED) is 0.111. The molecule has 3 heterocycles. The van der Waals surface area contributed by atoms with Crippen molar-refractivity contribution >= 4 is 51.7 Å². The molecule has 4 nitrogen and oxygen atoms in total. The fourth-order valence-corrected chi connectivity index (χ4v) is 10.0. The van der Waals surface area contributed by atoms with E-state index >= 15 is 0 Å². The van der Waals surface area contributed by atoms with Crippen LogP contribution in [0.5, 0.6) is 0 Å². The van der Waals surface area contributed by atoms with Crippen molar-refractivity contribution in [3.8, 4) is 55.6 Å². The SMILES string of the molecule is [2H]c1c([2H])c([2H])c(-c2cccc(-c3c([2H])c([2H])c([2H])c([2H])c3[2H])c2N2[CH-]N(c3[c-]c(Sc4[c-]c5c(cc4)-c4ccc(-c6ccccc6)cc4-c4ccccc4N5c4cc(C(C)(C)C)ccn4)ccc3)c3ccccc32)c([2H])c1[2H].[Pd]. The molecule has 70 heavy (non-hydrogen) atoms. The first-order valence-electron chi connectivity index (χ1n) is 27.6. The number of para-hydroxylation sites is 4.